The molecule has 0 saturated heterocycles. The molecular weight excluding hydrogens is 383 g/mol. The van der Waals surface area contributed by atoms with Crippen molar-refractivity contribution in [2.45, 2.75) is 13.0 Å². The van der Waals surface area contributed by atoms with E-state index in [0.29, 0.717) is 0 Å². The molecule has 1 amide bonds. The third kappa shape index (κ3) is 4.72. The van der Waals surface area contributed by atoms with Crippen LogP contribution in [0, 0.1) is 22.9 Å². The summed E-state index contributed by atoms with van der Waals surface area (Å²) in [5, 5.41) is 15.9. The van der Waals surface area contributed by atoms with Crippen LogP contribution in [0.5, 0.6) is 5.75 Å². The predicted molar refractivity (Wildman–Crippen MR) is 104 cm³/mol. The Balaban J connectivity index is 1.73. The minimum absolute atomic E-state index is 0.0280. The molecule has 6 nitrogen and oxygen atoms in total. The summed E-state index contributed by atoms with van der Waals surface area (Å²) in [6, 6.07) is 13.6. The number of nitro groups is 1. The fraction of sp³-hybridized carbons (Fsp3) is 0.150. The lowest BCUT2D eigenvalue weighted by atomic mass is 10.1. The molecule has 1 N–H and O–H groups in total. The summed E-state index contributed by atoms with van der Waals surface area (Å²) in [7, 11) is 0. The van der Waals surface area contributed by atoms with Crippen molar-refractivity contribution < 1.29 is 18.8 Å². The molecule has 144 valence electrons. The monoisotopic (exact) mass is 400 g/mol. The highest BCUT2D eigenvalue weighted by Crippen LogP contribution is 2.28. The number of nitrogens with one attached hydrogen (secondary N) is 1. The second kappa shape index (κ2) is 8.62. The Morgan fingerprint density at radius 3 is 2.64 bits per heavy atom. The van der Waals surface area contributed by atoms with Gasteiger partial charge in [0.2, 0.25) is 0 Å². The lowest BCUT2D eigenvalue weighted by Crippen LogP contribution is -2.33. The highest BCUT2D eigenvalue weighted by atomic mass is 32.1. The van der Waals surface area contributed by atoms with Crippen LogP contribution in [0.25, 0.3) is 0 Å². The van der Waals surface area contributed by atoms with Crippen LogP contribution in [-0.4, -0.2) is 17.4 Å². The largest absolute Gasteiger partial charge is 0.477 e. The molecule has 0 spiro atoms. The Labute approximate surface area is 164 Å². The third-order valence-corrected chi connectivity index (χ3v) is 4.94. The maximum atomic E-state index is 13.2. The molecule has 0 aliphatic heterocycles. The molecular formula is C20H17FN2O4S. The average Bonchev–Trinajstić information content (AvgIpc) is 3.20. The van der Waals surface area contributed by atoms with Crippen LogP contribution in [0.15, 0.2) is 60.0 Å². The summed E-state index contributed by atoms with van der Waals surface area (Å²) in [5.41, 5.74) is 1.25. The molecule has 1 atom stereocenters. The number of halogens is 1. The number of rotatable bonds is 7. The SMILES string of the molecule is Cc1ccc(OCC(=O)NC(c2ccc(F)cc2)c2cccs2)c([N+](=O)[O-])c1. The van der Waals surface area contributed by atoms with Gasteiger partial charge in [-0.05, 0) is 47.7 Å². The van der Waals surface area contributed by atoms with Gasteiger partial charge in [-0.25, -0.2) is 4.39 Å². The number of carbonyl (C=O) groups is 1. The van der Waals surface area contributed by atoms with Gasteiger partial charge in [0.25, 0.3) is 5.91 Å². The Bertz CT molecular complexity index is 974. The predicted octanol–water partition coefficient (Wildman–Crippen LogP) is 4.39. The number of hydrogen-bond donors (Lipinski definition) is 1. The number of amides is 1. The minimum Gasteiger partial charge on any atom is -0.477 e. The number of nitrogens with zero attached hydrogens (tertiary/aromatic N) is 1. The van der Waals surface area contributed by atoms with Crippen molar-refractivity contribution >= 4 is 22.9 Å². The number of benzene rings is 2. The summed E-state index contributed by atoms with van der Waals surface area (Å²) in [5.74, 6) is -0.784. The van der Waals surface area contributed by atoms with Gasteiger partial charge in [0.1, 0.15) is 5.82 Å². The van der Waals surface area contributed by atoms with Gasteiger partial charge >= 0.3 is 5.69 Å². The van der Waals surface area contributed by atoms with Gasteiger partial charge < -0.3 is 10.1 Å². The highest BCUT2D eigenvalue weighted by Gasteiger charge is 2.20. The molecule has 1 aromatic heterocycles. The lowest BCUT2D eigenvalue weighted by Gasteiger charge is -2.18. The first kappa shape index (κ1) is 19.5. The Kier molecular flexibility index (Phi) is 6.00. The van der Waals surface area contributed by atoms with Crippen LogP contribution in [0.2, 0.25) is 0 Å². The van der Waals surface area contributed by atoms with Crippen molar-refractivity contribution in [2.24, 2.45) is 0 Å². The van der Waals surface area contributed by atoms with E-state index >= 15 is 0 Å². The van der Waals surface area contributed by atoms with E-state index in [-0.39, 0.29) is 23.9 Å². The molecule has 0 aliphatic carbocycles. The maximum Gasteiger partial charge on any atom is 0.311 e. The molecule has 1 unspecified atom stereocenters. The van der Waals surface area contributed by atoms with Crippen LogP contribution in [0.4, 0.5) is 10.1 Å². The summed E-state index contributed by atoms with van der Waals surface area (Å²) < 4.78 is 18.6. The van der Waals surface area contributed by atoms with Crippen molar-refractivity contribution in [3.05, 3.63) is 91.9 Å². The normalized spacial score (nSPS) is 11.6. The molecule has 0 fully saturated rings. The molecule has 0 saturated carbocycles. The van der Waals surface area contributed by atoms with E-state index in [2.05, 4.69) is 5.32 Å². The smallest absolute Gasteiger partial charge is 0.311 e. The van der Waals surface area contributed by atoms with Gasteiger partial charge in [0.05, 0.1) is 11.0 Å². The highest BCUT2D eigenvalue weighted by molar-refractivity contribution is 7.10. The third-order valence-electron chi connectivity index (χ3n) is 4.01. The van der Waals surface area contributed by atoms with Crippen molar-refractivity contribution in [1.29, 1.82) is 0 Å². The van der Waals surface area contributed by atoms with E-state index in [1.807, 2.05) is 17.5 Å². The van der Waals surface area contributed by atoms with Gasteiger partial charge in [-0.2, -0.15) is 0 Å². The van der Waals surface area contributed by atoms with Gasteiger partial charge in [0, 0.05) is 10.9 Å². The number of hydrogen-bond acceptors (Lipinski definition) is 5. The molecule has 2 aromatic carbocycles. The molecule has 3 aromatic rings. The van der Waals surface area contributed by atoms with E-state index in [1.54, 1.807) is 25.1 Å². The van der Waals surface area contributed by atoms with Crippen LogP contribution < -0.4 is 10.1 Å². The van der Waals surface area contributed by atoms with Crippen LogP contribution in [-0.2, 0) is 4.79 Å². The Morgan fingerprint density at radius 2 is 2.00 bits per heavy atom. The fourth-order valence-corrected chi connectivity index (χ4v) is 3.47. The lowest BCUT2D eigenvalue weighted by molar-refractivity contribution is -0.385. The first-order chi connectivity index (χ1) is 13.4. The first-order valence-corrected chi connectivity index (χ1v) is 9.28. The van der Waals surface area contributed by atoms with Crippen molar-refractivity contribution in [2.75, 3.05) is 6.61 Å². The van der Waals surface area contributed by atoms with Crippen molar-refractivity contribution in [1.82, 2.24) is 5.32 Å². The molecule has 0 bridgehead atoms. The van der Waals surface area contributed by atoms with E-state index < -0.39 is 16.9 Å². The zero-order valence-electron chi connectivity index (χ0n) is 14.9. The van der Waals surface area contributed by atoms with Gasteiger partial charge in [0.15, 0.2) is 12.4 Å². The molecule has 8 heteroatoms. The number of aryl methyl sites for hydroxylation is 1. The summed E-state index contributed by atoms with van der Waals surface area (Å²) in [6.07, 6.45) is 0. The standard InChI is InChI=1S/C20H17FN2O4S/c1-13-4-9-17(16(11-13)23(25)26)27-12-19(24)22-20(18-3-2-10-28-18)14-5-7-15(21)8-6-14/h2-11,20H,12H2,1H3,(H,22,24). The van der Waals surface area contributed by atoms with Crippen LogP contribution in [0.3, 0.4) is 0 Å². The van der Waals surface area contributed by atoms with E-state index in [9.17, 15) is 19.3 Å². The number of carbonyl (C=O) groups excluding carboxylic acids is 1. The van der Waals surface area contributed by atoms with E-state index in [0.717, 1.165) is 16.0 Å². The minimum atomic E-state index is -0.548. The second-order valence-electron chi connectivity index (χ2n) is 6.08. The molecule has 0 radical (unpaired) electrons. The average molecular weight is 400 g/mol. The second-order valence-corrected chi connectivity index (χ2v) is 7.06. The zero-order valence-corrected chi connectivity index (χ0v) is 15.7. The molecule has 0 aliphatic rings. The van der Waals surface area contributed by atoms with Gasteiger partial charge in [-0.3, -0.25) is 14.9 Å². The number of thiophene rings is 1. The molecule has 1 heterocycles. The Morgan fingerprint density at radius 1 is 1.25 bits per heavy atom. The summed E-state index contributed by atoms with van der Waals surface area (Å²) in [6.45, 7) is 1.35. The molecule has 3 rings (SSSR count). The van der Waals surface area contributed by atoms with Gasteiger partial charge in [-0.15, -0.1) is 11.3 Å². The first-order valence-electron chi connectivity index (χ1n) is 8.40. The van der Waals surface area contributed by atoms with Crippen molar-refractivity contribution in [3.8, 4) is 5.75 Å². The quantitative estimate of drug-likeness (QED) is 0.471. The van der Waals surface area contributed by atoms with Crippen LogP contribution >= 0.6 is 11.3 Å². The maximum absolute atomic E-state index is 13.2. The molecule has 28 heavy (non-hydrogen) atoms. The zero-order chi connectivity index (χ0) is 20.1. The van der Waals surface area contributed by atoms with Gasteiger partial charge in [-0.1, -0.05) is 24.3 Å². The van der Waals surface area contributed by atoms with E-state index in [4.69, 9.17) is 4.74 Å². The number of nitro benzene ring substituents is 1. The Hall–Kier alpha value is -3.26. The summed E-state index contributed by atoms with van der Waals surface area (Å²) >= 11 is 1.46. The summed E-state index contributed by atoms with van der Waals surface area (Å²) in [4.78, 5) is 23.9. The fourth-order valence-electron chi connectivity index (χ4n) is 2.67. The topological polar surface area (TPSA) is 81.5 Å². The van der Waals surface area contributed by atoms with Crippen LogP contribution in [0.1, 0.15) is 22.0 Å². The van der Waals surface area contributed by atoms with Crippen molar-refractivity contribution in [3.63, 3.8) is 0 Å². The van der Waals surface area contributed by atoms with E-state index in [1.165, 1.54) is 35.6 Å². The number of ether oxygens (including phenoxy) is 1.